The van der Waals surface area contributed by atoms with E-state index in [9.17, 15) is 18.0 Å². The van der Waals surface area contributed by atoms with Gasteiger partial charge in [-0.15, -0.1) is 0 Å². The van der Waals surface area contributed by atoms with E-state index in [1.807, 2.05) is 0 Å². The number of hydrogen-bond acceptors (Lipinski definition) is 4. The minimum absolute atomic E-state index is 0.0367. The van der Waals surface area contributed by atoms with Gasteiger partial charge in [-0.3, -0.25) is 9.59 Å². The van der Waals surface area contributed by atoms with Crippen LogP contribution in [0.2, 0.25) is 5.02 Å². The fraction of sp³-hybridized carbons (Fsp3) is 0.529. The molecule has 2 aliphatic heterocycles. The lowest BCUT2D eigenvalue weighted by atomic mass is 10.0. The molecule has 0 aromatic heterocycles. The Morgan fingerprint density at radius 3 is 2.62 bits per heavy atom. The summed E-state index contributed by atoms with van der Waals surface area (Å²) in [5, 5.41) is 3.13. The van der Waals surface area contributed by atoms with E-state index in [2.05, 4.69) is 5.32 Å². The first-order valence-electron chi connectivity index (χ1n) is 8.65. The number of amides is 2. The van der Waals surface area contributed by atoms with Crippen LogP contribution in [-0.4, -0.2) is 49.9 Å². The molecule has 2 heterocycles. The summed E-state index contributed by atoms with van der Waals surface area (Å²) in [4.78, 5) is 26.1. The second-order valence-corrected chi connectivity index (χ2v) is 9.03. The Labute approximate surface area is 158 Å². The van der Waals surface area contributed by atoms with Crippen molar-refractivity contribution in [3.05, 3.63) is 23.2 Å². The summed E-state index contributed by atoms with van der Waals surface area (Å²) in [6, 6.07) is 4.26. The van der Waals surface area contributed by atoms with Crippen molar-refractivity contribution in [2.24, 2.45) is 0 Å². The van der Waals surface area contributed by atoms with E-state index in [-0.39, 0.29) is 11.8 Å². The Kier molecular flexibility index (Phi) is 5.55. The summed E-state index contributed by atoms with van der Waals surface area (Å²) in [6.45, 7) is 0.989. The molecular formula is C17H22ClN3O4S. The Morgan fingerprint density at radius 1 is 1.23 bits per heavy atom. The first kappa shape index (κ1) is 19.1. The fourth-order valence-corrected chi connectivity index (χ4v) is 4.90. The van der Waals surface area contributed by atoms with Crippen molar-refractivity contribution in [2.45, 2.75) is 38.1 Å². The average molecular weight is 400 g/mol. The number of anilines is 2. The van der Waals surface area contributed by atoms with Crippen molar-refractivity contribution in [1.29, 1.82) is 0 Å². The van der Waals surface area contributed by atoms with E-state index in [0.717, 1.165) is 25.5 Å². The maximum absolute atomic E-state index is 12.6. The normalized spacial score (nSPS) is 21.8. The molecule has 142 valence electrons. The molecule has 9 heteroatoms. The molecule has 3 rings (SSSR count). The summed E-state index contributed by atoms with van der Waals surface area (Å²) in [5.41, 5.74) is 1.11. The standard InChI is InChI=1S/C17H22ClN3O4S/c1-26(24,25)21-10-3-2-5-15(21)17(23)19-12-7-8-14(13(18)11-12)20-9-4-6-16(20)22/h7-8,11,15H,2-6,9-10H2,1H3,(H,19,23). The fourth-order valence-electron chi connectivity index (χ4n) is 3.50. The zero-order valence-corrected chi connectivity index (χ0v) is 16.1. The minimum Gasteiger partial charge on any atom is -0.325 e. The number of nitrogens with zero attached hydrogens (tertiary/aromatic N) is 2. The van der Waals surface area contributed by atoms with Gasteiger partial charge >= 0.3 is 0 Å². The number of benzene rings is 1. The Balaban J connectivity index is 1.75. The third-order valence-corrected chi connectivity index (χ3v) is 6.35. The van der Waals surface area contributed by atoms with Gasteiger partial charge in [-0.1, -0.05) is 18.0 Å². The molecule has 1 aromatic rings. The van der Waals surface area contributed by atoms with Crippen LogP contribution >= 0.6 is 11.6 Å². The lowest BCUT2D eigenvalue weighted by molar-refractivity contribution is -0.120. The maximum atomic E-state index is 12.6. The highest BCUT2D eigenvalue weighted by atomic mass is 35.5. The Hall–Kier alpha value is -1.64. The van der Waals surface area contributed by atoms with Gasteiger partial charge in [-0.25, -0.2) is 8.42 Å². The number of hydrogen-bond donors (Lipinski definition) is 1. The highest BCUT2D eigenvalue weighted by Crippen LogP contribution is 2.32. The summed E-state index contributed by atoms with van der Waals surface area (Å²) in [6.07, 6.45) is 4.49. The number of nitrogens with one attached hydrogen (secondary N) is 1. The molecule has 2 amide bonds. The zero-order chi connectivity index (χ0) is 18.9. The van der Waals surface area contributed by atoms with Crippen LogP contribution in [-0.2, 0) is 19.6 Å². The number of rotatable bonds is 4. The molecular weight excluding hydrogens is 378 g/mol. The second kappa shape index (κ2) is 7.54. The molecule has 1 atom stereocenters. The van der Waals surface area contributed by atoms with Gasteiger partial charge in [0.05, 0.1) is 17.0 Å². The molecule has 1 unspecified atom stereocenters. The third kappa shape index (κ3) is 4.02. The maximum Gasteiger partial charge on any atom is 0.242 e. The van der Waals surface area contributed by atoms with E-state index < -0.39 is 16.1 Å². The Bertz CT molecular complexity index is 827. The first-order chi connectivity index (χ1) is 12.3. The molecule has 0 bridgehead atoms. The molecule has 2 fully saturated rings. The molecule has 7 nitrogen and oxygen atoms in total. The molecule has 2 aliphatic rings. The van der Waals surface area contributed by atoms with Crippen LogP contribution < -0.4 is 10.2 Å². The number of sulfonamides is 1. The van der Waals surface area contributed by atoms with Gasteiger partial charge in [0, 0.05) is 25.2 Å². The van der Waals surface area contributed by atoms with Crippen LogP contribution in [0.1, 0.15) is 32.1 Å². The van der Waals surface area contributed by atoms with E-state index in [1.54, 1.807) is 23.1 Å². The molecule has 0 spiro atoms. The van der Waals surface area contributed by atoms with Gasteiger partial charge in [-0.2, -0.15) is 4.31 Å². The van der Waals surface area contributed by atoms with Crippen LogP contribution in [0, 0.1) is 0 Å². The SMILES string of the molecule is CS(=O)(=O)N1CCCCC1C(=O)Nc1ccc(N2CCCC2=O)c(Cl)c1. The number of carbonyl (C=O) groups is 2. The molecule has 0 saturated carbocycles. The lowest BCUT2D eigenvalue weighted by Gasteiger charge is -2.32. The molecule has 1 aromatic carbocycles. The topological polar surface area (TPSA) is 86.8 Å². The van der Waals surface area contributed by atoms with Crippen molar-refractivity contribution in [1.82, 2.24) is 4.31 Å². The molecule has 26 heavy (non-hydrogen) atoms. The van der Waals surface area contributed by atoms with E-state index in [4.69, 9.17) is 11.6 Å². The van der Waals surface area contributed by atoms with Crippen molar-refractivity contribution in [3.8, 4) is 0 Å². The zero-order valence-electron chi connectivity index (χ0n) is 14.6. The van der Waals surface area contributed by atoms with Gasteiger partial charge < -0.3 is 10.2 Å². The van der Waals surface area contributed by atoms with Crippen molar-refractivity contribution in [2.75, 3.05) is 29.6 Å². The summed E-state index contributed by atoms with van der Waals surface area (Å²) in [7, 11) is -3.44. The van der Waals surface area contributed by atoms with Gasteiger partial charge in [0.2, 0.25) is 21.8 Å². The number of halogens is 1. The molecule has 0 radical (unpaired) electrons. The van der Waals surface area contributed by atoms with E-state index in [1.165, 1.54) is 4.31 Å². The summed E-state index contributed by atoms with van der Waals surface area (Å²) >= 11 is 6.29. The van der Waals surface area contributed by atoms with Gasteiger partial charge in [0.25, 0.3) is 0 Å². The minimum atomic E-state index is -3.44. The summed E-state index contributed by atoms with van der Waals surface area (Å²) in [5.74, 6) is -0.328. The van der Waals surface area contributed by atoms with Crippen LogP contribution in [0.4, 0.5) is 11.4 Å². The number of carbonyl (C=O) groups excluding carboxylic acids is 2. The van der Waals surface area contributed by atoms with Crippen LogP contribution in [0.25, 0.3) is 0 Å². The quantitative estimate of drug-likeness (QED) is 0.840. The molecule has 0 aliphatic carbocycles. The van der Waals surface area contributed by atoms with Gasteiger partial charge in [0.1, 0.15) is 6.04 Å². The van der Waals surface area contributed by atoms with Crippen LogP contribution in [0.15, 0.2) is 18.2 Å². The smallest absolute Gasteiger partial charge is 0.242 e. The first-order valence-corrected chi connectivity index (χ1v) is 10.9. The van der Waals surface area contributed by atoms with Gasteiger partial charge in [-0.05, 0) is 37.5 Å². The predicted octanol–water partition coefficient (Wildman–Crippen LogP) is 2.22. The number of piperidine rings is 1. The van der Waals surface area contributed by atoms with Crippen LogP contribution in [0.5, 0.6) is 0 Å². The summed E-state index contributed by atoms with van der Waals surface area (Å²) < 4.78 is 25.1. The van der Waals surface area contributed by atoms with Gasteiger partial charge in [0.15, 0.2) is 0 Å². The van der Waals surface area contributed by atoms with E-state index in [0.29, 0.717) is 42.3 Å². The highest BCUT2D eigenvalue weighted by Gasteiger charge is 2.34. The largest absolute Gasteiger partial charge is 0.325 e. The van der Waals surface area contributed by atoms with Crippen LogP contribution in [0.3, 0.4) is 0 Å². The van der Waals surface area contributed by atoms with Crippen molar-refractivity contribution < 1.29 is 18.0 Å². The second-order valence-electron chi connectivity index (χ2n) is 6.69. The Morgan fingerprint density at radius 2 is 2.00 bits per heavy atom. The molecule has 2 saturated heterocycles. The highest BCUT2D eigenvalue weighted by molar-refractivity contribution is 7.88. The molecule has 1 N–H and O–H groups in total. The third-order valence-electron chi connectivity index (χ3n) is 4.76. The van der Waals surface area contributed by atoms with Crippen molar-refractivity contribution in [3.63, 3.8) is 0 Å². The monoisotopic (exact) mass is 399 g/mol. The van der Waals surface area contributed by atoms with E-state index >= 15 is 0 Å². The lowest BCUT2D eigenvalue weighted by Crippen LogP contribution is -2.49. The van der Waals surface area contributed by atoms with Crippen molar-refractivity contribution >= 4 is 44.8 Å². The average Bonchev–Trinajstić information content (AvgIpc) is 3.00. The predicted molar refractivity (Wildman–Crippen MR) is 101 cm³/mol.